The monoisotopic (exact) mass is 281 g/mol. The van der Waals surface area contributed by atoms with Gasteiger partial charge < -0.3 is 25.7 Å². The number of anilines is 1. The molecular formula is C13H19N3O4. The molecule has 4 N–H and O–H groups in total. The van der Waals surface area contributed by atoms with Crippen LogP contribution in [0.1, 0.15) is 17.3 Å². The summed E-state index contributed by atoms with van der Waals surface area (Å²) in [6.07, 6.45) is 0. The second-order valence-electron chi connectivity index (χ2n) is 4.68. The highest BCUT2D eigenvalue weighted by Gasteiger charge is 2.12. The molecule has 0 radical (unpaired) electrons. The maximum absolute atomic E-state index is 11.7. The maximum Gasteiger partial charge on any atom is 0.339 e. The lowest BCUT2D eigenvalue weighted by Gasteiger charge is -2.20. The molecule has 0 aromatic heterocycles. The standard InChI is InChI=1S/C13H19N3O4/c1-8(16(2)3)7-14-13(20)15-9-4-5-11(17)10(6-9)12(18)19/h4-6,8,17H,7H2,1-3H3,(H,18,19)(H2,14,15,20). The van der Waals surface area contributed by atoms with Crippen molar-refractivity contribution in [2.24, 2.45) is 0 Å². The zero-order valence-electron chi connectivity index (χ0n) is 11.7. The number of likely N-dealkylation sites (N-methyl/N-ethyl adjacent to an activating group) is 1. The van der Waals surface area contributed by atoms with E-state index in [4.69, 9.17) is 5.11 Å². The van der Waals surface area contributed by atoms with Crippen LogP contribution in [0.15, 0.2) is 18.2 Å². The Morgan fingerprint density at radius 1 is 1.35 bits per heavy atom. The van der Waals surface area contributed by atoms with Crippen molar-refractivity contribution < 1.29 is 19.8 Å². The zero-order valence-corrected chi connectivity index (χ0v) is 11.7. The summed E-state index contributed by atoms with van der Waals surface area (Å²) in [5.74, 6) is -1.60. The number of benzene rings is 1. The Hall–Kier alpha value is -2.28. The van der Waals surface area contributed by atoms with Gasteiger partial charge in [0.25, 0.3) is 0 Å². The number of carboxylic acid groups (broad SMARTS) is 1. The normalized spacial score (nSPS) is 12.0. The predicted molar refractivity (Wildman–Crippen MR) is 75.2 cm³/mol. The fraction of sp³-hybridized carbons (Fsp3) is 0.385. The largest absolute Gasteiger partial charge is 0.507 e. The zero-order chi connectivity index (χ0) is 15.3. The van der Waals surface area contributed by atoms with Crippen LogP contribution in [0.2, 0.25) is 0 Å². The Balaban J connectivity index is 2.62. The van der Waals surface area contributed by atoms with Gasteiger partial charge in [-0.25, -0.2) is 9.59 Å². The number of aromatic carboxylic acids is 1. The number of carboxylic acids is 1. The van der Waals surface area contributed by atoms with Gasteiger partial charge in [-0.3, -0.25) is 0 Å². The predicted octanol–water partition coefficient (Wildman–Crippen LogP) is 1.16. The molecule has 0 bridgehead atoms. The van der Waals surface area contributed by atoms with E-state index in [9.17, 15) is 14.7 Å². The average Bonchev–Trinajstić information content (AvgIpc) is 2.37. The van der Waals surface area contributed by atoms with Gasteiger partial charge in [-0.1, -0.05) is 0 Å². The lowest BCUT2D eigenvalue weighted by atomic mass is 10.2. The number of hydrogen-bond donors (Lipinski definition) is 4. The van der Waals surface area contributed by atoms with E-state index < -0.39 is 12.0 Å². The third-order valence-corrected chi connectivity index (χ3v) is 2.92. The van der Waals surface area contributed by atoms with Crippen molar-refractivity contribution in [2.45, 2.75) is 13.0 Å². The summed E-state index contributed by atoms with van der Waals surface area (Å²) in [4.78, 5) is 24.5. The van der Waals surface area contributed by atoms with Crippen LogP contribution < -0.4 is 10.6 Å². The molecule has 1 aromatic rings. The fourth-order valence-electron chi connectivity index (χ4n) is 1.38. The number of hydrogen-bond acceptors (Lipinski definition) is 4. The third kappa shape index (κ3) is 4.43. The van der Waals surface area contributed by atoms with Crippen LogP contribution in [0.3, 0.4) is 0 Å². The molecule has 0 spiro atoms. The average molecular weight is 281 g/mol. The summed E-state index contributed by atoms with van der Waals surface area (Å²) in [6, 6.07) is 3.60. The van der Waals surface area contributed by atoms with Crippen LogP contribution in [0.4, 0.5) is 10.5 Å². The molecule has 0 aliphatic heterocycles. The van der Waals surface area contributed by atoms with Crippen LogP contribution in [-0.2, 0) is 0 Å². The highest BCUT2D eigenvalue weighted by atomic mass is 16.4. The topological polar surface area (TPSA) is 102 Å². The SMILES string of the molecule is CC(CNC(=O)Nc1ccc(O)c(C(=O)O)c1)N(C)C. The minimum atomic E-state index is -1.26. The number of nitrogens with one attached hydrogen (secondary N) is 2. The first-order valence-corrected chi connectivity index (χ1v) is 6.09. The second-order valence-corrected chi connectivity index (χ2v) is 4.68. The highest BCUT2D eigenvalue weighted by molar-refractivity contribution is 5.95. The summed E-state index contributed by atoms with van der Waals surface area (Å²) in [5, 5.41) is 23.4. The first kappa shape index (κ1) is 15.8. The van der Waals surface area contributed by atoms with Gasteiger partial charge in [0.15, 0.2) is 0 Å². The van der Waals surface area contributed by atoms with E-state index in [2.05, 4.69) is 10.6 Å². The molecule has 7 heteroatoms. The quantitative estimate of drug-likeness (QED) is 0.607. The smallest absolute Gasteiger partial charge is 0.339 e. The Bertz CT molecular complexity index is 502. The minimum absolute atomic E-state index is 0.176. The molecule has 0 saturated heterocycles. The van der Waals surface area contributed by atoms with Crippen molar-refractivity contribution in [3.63, 3.8) is 0 Å². The Morgan fingerprint density at radius 2 is 2.00 bits per heavy atom. The first-order valence-electron chi connectivity index (χ1n) is 6.09. The van der Waals surface area contributed by atoms with Crippen molar-refractivity contribution in [1.29, 1.82) is 0 Å². The summed E-state index contributed by atoms with van der Waals surface area (Å²) in [7, 11) is 3.81. The molecule has 0 saturated carbocycles. The second kappa shape index (κ2) is 6.76. The summed E-state index contributed by atoms with van der Waals surface area (Å²) in [6.45, 7) is 2.42. The molecule has 2 amide bonds. The van der Waals surface area contributed by atoms with Gasteiger partial charge in [-0.15, -0.1) is 0 Å². The van der Waals surface area contributed by atoms with E-state index in [-0.39, 0.29) is 17.4 Å². The fourth-order valence-corrected chi connectivity index (χ4v) is 1.38. The van der Waals surface area contributed by atoms with Gasteiger partial charge in [0, 0.05) is 18.3 Å². The highest BCUT2D eigenvalue weighted by Crippen LogP contribution is 2.21. The molecule has 0 heterocycles. The van der Waals surface area contributed by atoms with E-state index in [1.165, 1.54) is 18.2 Å². The van der Waals surface area contributed by atoms with Crippen LogP contribution in [0.25, 0.3) is 0 Å². The number of carbonyl (C=O) groups is 2. The van der Waals surface area contributed by atoms with Crippen molar-refractivity contribution in [1.82, 2.24) is 10.2 Å². The molecule has 1 rings (SSSR count). The summed E-state index contributed by atoms with van der Waals surface area (Å²) < 4.78 is 0. The van der Waals surface area contributed by atoms with Crippen LogP contribution in [0.5, 0.6) is 5.75 Å². The number of aromatic hydroxyl groups is 1. The van der Waals surface area contributed by atoms with Gasteiger partial charge in [-0.05, 0) is 39.2 Å². The Kier molecular flexibility index (Phi) is 5.33. The van der Waals surface area contributed by atoms with Crippen molar-refractivity contribution in [2.75, 3.05) is 26.0 Å². The van der Waals surface area contributed by atoms with E-state index >= 15 is 0 Å². The van der Waals surface area contributed by atoms with Gasteiger partial charge >= 0.3 is 12.0 Å². The molecular weight excluding hydrogens is 262 g/mol. The van der Waals surface area contributed by atoms with Gasteiger partial charge in [0.1, 0.15) is 11.3 Å². The van der Waals surface area contributed by atoms with E-state index in [1.54, 1.807) is 0 Å². The van der Waals surface area contributed by atoms with E-state index in [0.717, 1.165) is 0 Å². The van der Waals surface area contributed by atoms with Crippen LogP contribution in [0, 0.1) is 0 Å². The Morgan fingerprint density at radius 3 is 2.55 bits per heavy atom. The number of rotatable bonds is 5. The lowest BCUT2D eigenvalue weighted by Crippen LogP contribution is -2.40. The van der Waals surface area contributed by atoms with Gasteiger partial charge in [-0.2, -0.15) is 0 Å². The van der Waals surface area contributed by atoms with Gasteiger partial charge in [0.2, 0.25) is 0 Å². The molecule has 7 nitrogen and oxygen atoms in total. The molecule has 1 unspecified atom stereocenters. The third-order valence-electron chi connectivity index (χ3n) is 2.92. The summed E-state index contributed by atoms with van der Waals surface area (Å²) in [5.41, 5.74) is 0.0414. The number of urea groups is 1. The molecule has 1 atom stereocenters. The van der Waals surface area contributed by atoms with E-state index in [0.29, 0.717) is 12.2 Å². The molecule has 20 heavy (non-hydrogen) atoms. The molecule has 0 aliphatic carbocycles. The number of amides is 2. The lowest BCUT2D eigenvalue weighted by molar-refractivity contribution is 0.0693. The summed E-state index contributed by atoms with van der Waals surface area (Å²) >= 11 is 0. The van der Waals surface area contributed by atoms with Gasteiger partial charge in [0.05, 0.1) is 0 Å². The maximum atomic E-state index is 11.7. The van der Waals surface area contributed by atoms with E-state index in [1.807, 2.05) is 25.9 Å². The van der Waals surface area contributed by atoms with Crippen molar-refractivity contribution in [3.8, 4) is 5.75 Å². The van der Waals surface area contributed by atoms with Crippen molar-refractivity contribution >= 4 is 17.7 Å². The number of carbonyl (C=O) groups excluding carboxylic acids is 1. The molecule has 1 aromatic carbocycles. The first-order chi connectivity index (χ1) is 9.31. The number of phenols is 1. The Labute approximate surface area is 117 Å². The van der Waals surface area contributed by atoms with Crippen molar-refractivity contribution in [3.05, 3.63) is 23.8 Å². The number of nitrogens with zero attached hydrogens (tertiary/aromatic N) is 1. The molecule has 0 aliphatic rings. The van der Waals surface area contributed by atoms with Crippen LogP contribution >= 0.6 is 0 Å². The molecule has 110 valence electrons. The minimum Gasteiger partial charge on any atom is -0.507 e. The molecule has 0 fully saturated rings. The van der Waals surface area contributed by atoms with Crippen LogP contribution in [-0.4, -0.2) is 53.8 Å².